The van der Waals surface area contributed by atoms with Gasteiger partial charge in [-0.05, 0) is 85.9 Å². The zero-order chi connectivity index (χ0) is 37.5. The van der Waals surface area contributed by atoms with Gasteiger partial charge in [-0.2, -0.15) is 0 Å². The highest BCUT2D eigenvalue weighted by Gasteiger charge is 2.30. The molecule has 0 atom stereocenters. The fourth-order valence-electron chi connectivity index (χ4n) is 6.45. The van der Waals surface area contributed by atoms with Crippen LogP contribution in [0.5, 0.6) is 11.5 Å². The molecular weight excluding hydrogens is 666 g/mol. The predicted octanol–water partition coefficient (Wildman–Crippen LogP) is 9.38. The molecule has 9 heteroatoms. The number of fused-ring (bicyclic) bond motifs is 1. The van der Waals surface area contributed by atoms with Crippen LogP contribution in [0, 0.1) is 0 Å². The summed E-state index contributed by atoms with van der Waals surface area (Å²) in [5, 5.41) is 7.28. The fourth-order valence-corrected chi connectivity index (χ4v) is 6.45. The van der Waals surface area contributed by atoms with Crippen molar-refractivity contribution in [1.82, 2.24) is 15.4 Å². The smallest absolute Gasteiger partial charge is 0.410 e. The minimum atomic E-state index is -0.575. The van der Waals surface area contributed by atoms with E-state index in [1.54, 1.807) is 4.90 Å². The van der Waals surface area contributed by atoms with Gasteiger partial charge in [0.2, 0.25) is 0 Å². The van der Waals surface area contributed by atoms with E-state index < -0.39 is 5.60 Å². The van der Waals surface area contributed by atoms with Crippen molar-refractivity contribution < 1.29 is 28.3 Å². The van der Waals surface area contributed by atoms with Gasteiger partial charge >= 0.3 is 6.09 Å². The molecule has 0 saturated carbocycles. The van der Waals surface area contributed by atoms with Gasteiger partial charge in [0, 0.05) is 25.7 Å². The topological polar surface area (TPSA) is 103 Å². The first-order chi connectivity index (χ1) is 25.5. The molecular formula is C44H49N3O6. The lowest BCUT2D eigenvalue weighted by atomic mass is 9.92. The summed E-state index contributed by atoms with van der Waals surface area (Å²) in [6.07, 6.45) is 1.01. The van der Waals surface area contributed by atoms with Gasteiger partial charge < -0.3 is 29.0 Å². The molecule has 1 N–H and O–H groups in total. The zero-order valence-corrected chi connectivity index (χ0v) is 31.5. The number of rotatable bonds is 11. The molecule has 1 aromatic heterocycles. The maximum atomic E-state index is 13.6. The third-order valence-electron chi connectivity index (χ3n) is 9.15. The highest BCUT2D eigenvalue weighted by atomic mass is 16.6. The fraction of sp³-hybridized carbons (Fsp3) is 0.341. The van der Waals surface area contributed by atoms with E-state index in [1.807, 2.05) is 107 Å². The van der Waals surface area contributed by atoms with Crippen LogP contribution in [0.25, 0.3) is 22.5 Å². The van der Waals surface area contributed by atoms with Crippen molar-refractivity contribution >= 4 is 12.0 Å². The van der Waals surface area contributed by atoms with Crippen LogP contribution in [0.2, 0.25) is 0 Å². The number of carbonyl (C=O) groups is 2. The van der Waals surface area contributed by atoms with Gasteiger partial charge in [-0.3, -0.25) is 4.79 Å². The third kappa shape index (κ3) is 9.09. The highest BCUT2D eigenvalue weighted by molar-refractivity contribution is 6.02. The van der Waals surface area contributed by atoms with E-state index in [-0.39, 0.29) is 23.6 Å². The SMILES string of the molecule is CCNC(=O)c1noc(-c2cc(C(C)C)c(OCc3ccccc3)cc2OCc2ccccc2)c1-c1ccc2c(c1)CCN(C(=O)OC(C)(C)C)CC2. The molecule has 0 bridgehead atoms. The monoisotopic (exact) mass is 715 g/mol. The Kier molecular flexibility index (Phi) is 11.5. The lowest BCUT2D eigenvalue weighted by molar-refractivity contribution is 0.0258. The van der Waals surface area contributed by atoms with Gasteiger partial charge in [-0.1, -0.05) is 97.9 Å². The Labute approximate surface area is 312 Å². The van der Waals surface area contributed by atoms with Crippen LogP contribution in [-0.4, -0.2) is 47.3 Å². The minimum absolute atomic E-state index is 0.0948. The maximum absolute atomic E-state index is 13.6. The number of hydrogen-bond acceptors (Lipinski definition) is 7. The quantitative estimate of drug-likeness (QED) is 0.145. The van der Waals surface area contributed by atoms with Gasteiger partial charge in [0.05, 0.1) is 11.1 Å². The summed E-state index contributed by atoms with van der Waals surface area (Å²) in [6, 6.07) is 30.2. The van der Waals surface area contributed by atoms with E-state index >= 15 is 0 Å². The average Bonchev–Trinajstić information content (AvgIpc) is 3.47. The summed E-state index contributed by atoms with van der Waals surface area (Å²) < 4.78 is 24.9. The van der Waals surface area contributed by atoms with Crippen molar-refractivity contribution in [2.24, 2.45) is 0 Å². The normalized spacial score (nSPS) is 12.9. The first-order valence-electron chi connectivity index (χ1n) is 18.4. The van der Waals surface area contributed by atoms with Crippen LogP contribution in [0.15, 0.2) is 95.5 Å². The number of aromatic nitrogens is 1. The molecule has 0 spiro atoms. The summed E-state index contributed by atoms with van der Waals surface area (Å²) >= 11 is 0. The van der Waals surface area contributed by atoms with Gasteiger partial charge in [0.25, 0.3) is 5.91 Å². The second-order valence-corrected chi connectivity index (χ2v) is 14.6. The molecule has 0 unspecified atom stereocenters. The third-order valence-corrected chi connectivity index (χ3v) is 9.15. The maximum Gasteiger partial charge on any atom is 0.410 e. The van der Waals surface area contributed by atoms with Crippen molar-refractivity contribution in [2.75, 3.05) is 19.6 Å². The second kappa shape index (κ2) is 16.4. The second-order valence-electron chi connectivity index (χ2n) is 14.6. The molecule has 0 saturated heterocycles. The Hall–Kier alpha value is -5.57. The first kappa shape index (κ1) is 37.2. The Morgan fingerprint density at radius 2 is 1.45 bits per heavy atom. The van der Waals surface area contributed by atoms with Crippen LogP contribution < -0.4 is 14.8 Å². The summed E-state index contributed by atoms with van der Waals surface area (Å²) in [7, 11) is 0. The largest absolute Gasteiger partial charge is 0.488 e. The molecule has 0 fully saturated rings. The molecule has 0 aliphatic carbocycles. The minimum Gasteiger partial charge on any atom is -0.488 e. The Balaban J connectivity index is 1.44. The van der Waals surface area contributed by atoms with Gasteiger partial charge in [-0.25, -0.2) is 4.79 Å². The van der Waals surface area contributed by atoms with Gasteiger partial charge in [-0.15, -0.1) is 0 Å². The molecule has 0 radical (unpaired) electrons. The summed E-state index contributed by atoms with van der Waals surface area (Å²) in [4.78, 5) is 28.3. The number of nitrogens with zero attached hydrogens (tertiary/aromatic N) is 2. The Morgan fingerprint density at radius 1 is 0.830 bits per heavy atom. The van der Waals surface area contributed by atoms with Crippen LogP contribution in [-0.2, 0) is 30.8 Å². The molecule has 2 amide bonds. The van der Waals surface area contributed by atoms with Gasteiger partial charge in [0.1, 0.15) is 30.3 Å². The van der Waals surface area contributed by atoms with Crippen LogP contribution in [0.3, 0.4) is 0 Å². The van der Waals surface area contributed by atoms with Crippen molar-refractivity contribution in [3.8, 4) is 33.9 Å². The molecule has 1 aliphatic rings. The first-order valence-corrected chi connectivity index (χ1v) is 18.4. The summed E-state index contributed by atoms with van der Waals surface area (Å²) in [6.45, 7) is 14.0. The lowest BCUT2D eigenvalue weighted by Crippen LogP contribution is -2.38. The van der Waals surface area contributed by atoms with Crippen molar-refractivity contribution in [3.63, 3.8) is 0 Å². The van der Waals surface area contributed by atoms with E-state index in [9.17, 15) is 9.59 Å². The number of nitrogens with one attached hydrogen (secondary N) is 1. The van der Waals surface area contributed by atoms with E-state index in [1.165, 1.54) is 0 Å². The zero-order valence-electron chi connectivity index (χ0n) is 31.5. The number of hydrogen-bond donors (Lipinski definition) is 1. The summed E-state index contributed by atoms with van der Waals surface area (Å²) in [5.74, 6) is 1.44. The molecule has 2 heterocycles. The van der Waals surface area contributed by atoms with E-state index in [0.29, 0.717) is 74.1 Å². The van der Waals surface area contributed by atoms with Crippen molar-refractivity contribution in [3.05, 3.63) is 125 Å². The van der Waals surface area contributed by atoms with Crippen LogP contribution >= 0.6 is 0 Å². The van der Waals surface area contributed by atoms with E-state index in [0.717, 1.165) is 33.4 Å². The highest BCUT2D eigenvalue weighted by Crippen LogP contribution is 2.45. The standard InChI is InChI=1S/C44H49N3O6/c1-7-45-42(48)40-39(34-19-18-32-20-22-47(23-21-33(32)24-34)43(49)52-44(4,5)6)41(53-46-40)36-25-35(29(2)3)37(50-27-30-14-10-8-11-15-30)26-38(36)51-28-31-16-12-9-13-17-31/h8-19,24-26,29H,7,20-23,27-28H2,1-6H3,(H,45,48). The molecule has 276 valence electrons. The predicted molar refractivity (Wildman–Crippen MR) is 206 cm³/mol. The molecule has 4 aromatic carbocycles. The number of amides is 2. The Morgan fingerprint density at radius 3 is 2.06 bits per heavy atom. The lowest BCUT2D eigenvalue weighted by Gasteiger charge is -2.26. The summed E-state index contributed by atoms with van der Waals surface area (Å²) in [5.41, 5.74) is 6.91. The van der Waals surface area contributed by atoms with E-state index in [2.05, 4.69) is 36.5 Å². The van der Waals surface area contributed by atoms with Crippen LogP contribution in [0.4, 0.5) is 4.79 Å². The molecule has 53 heavy (non-hydrogen) atoms. The average molecular weight is 716 g/mol. The molecule has 1 aliphatic heterocycles. The van der Waals surface area contributed by atoms with Gasteiger partial charge in [0.15, 0.2) is 11.5 Å². The van der Waals surface area contributed by atoms with Crippen molar-refractivity contribution in [2.45, 2.75) is 79.1 Å². The number of benzene rings is 4. The van der Waals surface area contributed by atoms with E-state index in [4.69, 9.17) is 18.7 Å². The Bertz CT molecular complexity index is 2030. The molecule has 9 nitrogen and oxygen atoms in total. The van der Waals surface area contributed by atoms with Crippen LogP contribution in [0.1, 0.15) is 85.8 Å². The van der Waals surface area contributed by atoms with Crippen molar-refractivity contribution in [1.29, 1.82) is 0 Å². The molecule has 6 rings (SSSR count). The molecule has 5 aromatic rings. The number of carbonyl (C=O) groups excluding carboxylic acids is 2. The number of ether oxygens (including phenoxy) is 3.